The van der Waals surface area contributed by atoms with Crippen molar-refractivity contribution in [1.29, 1.82) is 0 Å². The number of hydrogen-bond acceptors (Lipinski definition) is 3. The monoisotopic (exact) mass is 257 g/mol. The van der Waals surface area contributed by atoms with Crippen molar-refractivity contribution in [2.45, 2.75) is 25.1 Å². The molecule has 1 unspecified atom stereocenters. The third-order valence-corrected chi connectivity index (χ3v) is 3.33. The van der Waals surface area contributed by atoms with E-state index in [0.29, 0.717) is 18.0 Å². The molecule has 1 aliphatic heterocycles. The topological polar surface area (TPSA) is 42.1 Å². The van der Waals surface area contributed by atoms with Crippen molar-refractivity contribution in [3.05, 3.63) is 29.0 Å². The molecule has 94 valence electrons. The second kappa shape index (κ2) is 5.76. The standard InChI is InChI=1S/C12H17ClFN3/c13-9-1-4-16-12(7-9)11(15)3-6-17-5-2-10(14)8-17/h1,4,7,10-11H,2-3,5-6,8,15H2/t10-,11?/m1/s1. The summed E-state index contributed by atoms with van der Waals surface area (Å²) in [5.41, 5.74) is 6.83. The molecule has 0 radical (unpaired) electrons. The molecule has 2 rings (SSSR count). The van der Waals surface area contributed by atoms with E-state index in [4.69, 9.17) is 17.3 Å². The number of hydrogen-bond donors (Lipinski definition) is 1. The Labute approximate surface area is 106 Å². The van der Waals surface area contributed by atoms with Gasteiger partial charge in [0.05, 0.1) is 5.69 Å². The van der Waals surface area contributed by atoms with Crippen molar-refractivity contribution < 1.29 is 4.39 Å². The van der Waals surface area contributed by atoms with Gasteiger partial charge >= 0.3 is 0 Å². The maximum atomic E-state index is 13.0. The van der Waals surface area contributed by atoms with Gasteiger partial charge in [0, 0.05) is 36.9 Å². The molecule has 17 heavy (non-hydrogen) atoms. The van der Waals surface area contributed by atoms with Crippen molar-refractivity contribution >= 4 is 11.6 Å². The van der Waals surface area contributed by atoms with E-state index in [2.05, 4.69) is 9.88 Å². The van der Waals surface area contributed by atoms with Gasteiger partial charge in [-0.2, -0.15) is 0 Å². The van der Waals surface area contributed by atoms with Gasteiger partial charge in [-0.3, -0.25) is 4.98 Å². The highest BCUT2D eigenvalue weighted by atomic mass is 35.5. The molecular weight excluding hydrogens is 241 g/mol. The van der Waals surface area contributed by atoms with Gasteiger partial charge in [-0.25, -0.2) is 4.39 Å². The molecule has 2 N–H and O–H groups in total. The second-order valence-electron chi connectivity index (χ2n) is 4.48. The summed E-state index contributed by atoms with van der Waals surface area (Å²) < 4.78 is 13.0. The Bertz CT molecular complexity index is 375. The van der Waals surface area contributed by atoms with Crippen LogP contribution < -0.4 is 5.73 Å². The normalized spacial score (nSPS) is 22.9. The van der Waals surface area contributed by atoms with E-state index in [1.165, 1.54) is 0 Å². The minimum absolute atomic E-state index is 0.132. The zero-order valence-electron chi connectivity index (χ0n) is 9.65. The number of aromatic nitrogens is 1. The first-order valence-electron chi connectivity index (χ1n) is 5.88. The van der Waals surface area contributed by atoms with Crippen LogP contribution in [0.2, 0.25) is 5.02 Å². The minimum Gasteiger partial charge on any atom is -0.323 e. The number of halogens is 2. The van der Waals surface area contributed by atoms with E-state index in [1.807, 2.05) is 0 Å². The fraction of sp³-hybridized carbons (Fsp3) is 0.583. The first-order chi connectivity index (χ1) is 8.15. The third-order valence-electron chi connectivity index (χ3n) is 3.09. The van der Waals surface area contributed by atoms with Gasteiger partial charge in [0.15, 0.2) is 0 Å². The molecule has 5 heteroatoms. The summed E-state index contributed by atoms with van der Waals surface area (Å²) >= 11 is 5.88. The predicted molar refractivity (Wildman–Crippen MR) is 66.7 cm³/mol. The number of nitrogens with two attached hydrogens (primary N) is 1. The zero-order valence-corrected chi connectivity index (χ0v) is 10.4. The summed E-state index contributed by atoms with van der Waals surface area (Å²) in [7, 11) is 0. The Balaban J connectivity index is 1.83. The van der Waals surface area contributed by atoms with Crippen LogP contribution in [0.15, 0.2) is 18.3 Å². The first-order valence-corrected chi connectivity index (χ1v) is 6.26. The summed E-state index contributed by atoms with van der Waals surface area (Å²) in [6.07, 6.45) is 2.41. The average molecular weight is 258 g/mol. The molecule has 0 aromatic carbocycles. The number of likely N-dealkylation sites (tertiary alicyclic amines) is 1. The molecule has 2 heterocycles. The van der Waals surface area contributed by atoms with Crippen molar-refractivity contribution in [2.75, 3.05) is 19.6 Å². The van der Waals surface area contributed by atoms with Gasteiger partial charge in [0.1, 0.15) is 6.17 Å². The number of alkyl halides is 1. The molecule has 1 saturated heterocycles. The van der Waals surface area contributed by atoms with Gasteiger partial charge in [-0.1, -0.05) is 11.6 Å². The molecule has 0 aliphatic carbocycles. The zero-order chi connectivity index (χ0) is 12.3. The predicted octanol–water partition coefficient (Wildman–Crippen LogP) is 2.17. The molecule has 1 aromatic rings. The highest BCUT2D eigenvalue weighted by Crippen LogP contribution is 2.18. The van der Waals surface area contributed by atoms with Crippen molar-refractivity contribution in [3.8, 4) is 0 Å². The lowest BCUT2D eigenvalue weighted by atomic mass is 10.1. The van der Waals surface area contributed by atoms with Crippen LogP contribution in [0.5, 0.6) is 0 Å². The highest BCUT2D eigenvalue weighted by Gasteiger charge is 2.22. The fourth-order valence-corrected chi connectivity index (χ4v) is 2.25. The summed E-state index contributed by atoms with van der Waals surface area (Å²) in [5, 5.41) is 0.649. The summed E-state index contributed by atoms with van der Waals surface area (Å²) in [4.78, 5) is 6.30. The second-order valence-corrected chi connectivity index (χ2v) is 4.92. The van der Waals surface area contributed by atoms with Crippen LogP contribution in [0.4, 0.5) is 4.39 Å². The minimum atomic E-state index is -0.671. The number of rotatable bonds is 4. The van der Waals surface area contributed by atoms with Crippen LogP contribution in [0.1, 0.15) is 24.6 Å². The van der Waals surface area contributed by atoms with Crippen LogP contribution in [-0.4, -0.2) is 35.7 Å². The summed E-state index contributed by atoms with van der Waals surface area (Å²) in [6, 6.07) is 3.38. The van der Waals surface area contributed by atoms with E-state index >= 15 is 0 Å². The van der Waals surface area contributed by atoms with Gasteiger partial charge < -0.3 is 10.6 Å². The molecule has 0 bridgehead atoms. The van der Waals surface area contributed by atoms with Crippen molar-refractivity contribution in [2.24, 2.45) is 5.73 Å². The molecule has 0 amide bonds. The maximum Gasteiger partial charge on any atom is 0.114 e. The quantitative estimate of drug-likeness (QED) is 0.899. The molecule has 0 saturated carbocycles. The Morgan fingerprint density at radius 2 is 2.47 bits per heavy atom. The molecule has 2 atom stereocenters. The average Bonchev–Trinajstić information content (AvgIpc) is 2.72. The van der Waals surface area contributed by atoms with Gasteiger partial charge in [-0.05, 0) is 25.0 Å². The molecule has 1 aromatic heterocycles. The largest absolute Gasteiger partial charge is 0.323 e. The fourth-order valence-electron chi connectivity index (χ4n) is 2.08. The Morgan fingerprint density at radius 3 is 3.12 bits per heavy atom. The molecule has 1 fully saturated rings. The van der Waals surface area contributed by atoms with Crippen molar-refractivity contribution in [1.82, 2.24) is 9.88 Å². The maximum absolute atomic E-state index is 13.0. The first kappa shape index (κ1) is 12.7. The molecule has 1 aliphatic rings. The Hall–Kier alpha value is -0.710. The van der Waals surface area contributed by atoms with E-state index in [9.17, 15) is 4.39 Å². The third kappa shape index (κ3) is 3.63. The van der Waals surface area contributed by atoms with Gasteiger partial charge in [0.2, 0.25) is 0 Å². The lowest BCUT2D eigenvalue weighted by molar-refractivity contribution is 0.279. The molecular formula is C12H17ClFN3. The smallest absolute Gasteiger partial charge is 0.114 e. The lowest BCUT2D eigenvalue weighted by Crippen LogP contribution is -2.26. The van der Waals surface area contributed by atoms with E-state index in [1.54, 1.807) is 18.3 Å². The lowest BCUT2D eigenvalue weighted by Gasteiger charge is -2.17. The molecule has 3 nitrogen and oxygen atoms in total. The van der Waals surface area contributed by atoms with E-state index in [0.717, 1.165) is 25.2 Å². The SMILES string of the molecule is NC(CCN1CC[C@@H](F)C1)c1cc(Cl)ccn1. The van der Waals surface area contributed by atoms with Crippen LogP contribution in [-0.2, 0) is 0 Å². The Morgan fingerprint density at radius 1 is 1.65 bits per heavy atom. The summed E-state index contributed by atoms with van der Waals surface area (Å²) in [5.74, 6) is 0. The van der Waals surface area contributed by atoms with Crippen LogP contribution in [0, 0.1) is 0 Å². The van der Waals surface area contributed by atoms with E-state index < -0.39 is 6.17 Å². The number of pyridine rings is 1. The van der Waals surface area contributed by atoms with Crippen LogP contribution in [0.3, 0.4) is 0 Å². The number of nitrogens with zero attached hydrogens (tertiary/aromatic N) is 2. The van der Waals surface area contributed by atoms with Crippen molar-refractivity contribution in [3.63, 3.8) is 0 Å². The van der Waals surface area contributed by atoms with E-state index in [-0.39, 0.29) is 6.04 Å². The summed E-state index contributed by atoms with van der Waals surface area (Å²) in [6.45, 7) is 2.18. The van der Waals surface area contributed by atoms with Crippen LogP contribution >= 0.6 is 11.6 Å². The highest BCUT2D eigenvalue weighted by molar-refractivity contribution is 6.30. The molecule has 0 spiro atoms. The van der Waals surface area contributed by atoms with Gasteiger partial charge in [0.25, 0.3) is 0 Å². The van der Waals surface area contributed by atoms with Gasteiger partial charge in [-0.15, -0.1) is 0 Å². The van der Waals surface area contributed by atoms with Crippen LogP contribution in [0.25, 0.3) is 0 Å². The Kier molecular flexibility index (Phi) is 4.31.